The van der Waals surface area contributed by atoms with E-state index in [9.17, 15) is 0 Å². The molecule has 4 nitrogen and oxygen atoms in total. The largest absolute Gasteiger partial charge is 0.491 e. The SMILES string of the molecule is S=c1[nH]c2cnccc2n1C1COc2ccccc21. The van der Waals surface area contributed by atoms with E-state index in [4.69, 9.17) is 17.0 Å². The van der Waals surface area contributed by atoms with E-state index in [1.165, 1.54) is 5.56 Å². The summed E-state index contributed by atoms with van der Waals surface area (Å²) >= 11 is 5.44. The van der Waals surface area contributed by atoms with Crippen molar-refractivity contribution in [2.24, 2.45) is 0 Å². The molecule has 2 aromatic heterocycles. The molecule has 3 heterocycles. The lowest BCUT2D eigenvalue weighted by atomic mass is 10.1. The third-order valence-corrected chi connectivity index (χ3v) is 3.80. The number of nitrogens with zero attached hydrogens (tertiary/aromatic N) is 2. The number of benzene rings is 1. The summed E-state index contributed by atoms with van der Waals surface area (Å²) in [5, 5.41) is 0. The third kappa shape index (κ3) is 1.51. The van der Waals surface area contributed by atoms with Crippen LogP contribution in [-0.2, 0) is 0 Å². The van der Waals surface area contributed by atoms with Gasteiger partial charge in [-0.25, -0.2) is 0 Å². The number of imidazole rings is 1. The van der Waals surface area contributed by atoms with Crippen molar-refractivity contribution in [2.75, 3.05) is 6.61 Å². The summed E-state index contributed by atoms with van der Waals surface area (Å²) in [4.78, 5) is 7.31. The fraction of sp³-hybridized carbons (Fsp3) is 0.143. The van der Waals surface area contributed by atoms with E-state index in [1.54, 1.807) is 12.4 Å². The van der Waals surface area contributed by atoms with Crippen molar-refractivity contribution in [3.05, 3.63) is 53.1 Å². The predicted octanol–water partition coefficient (Wildman–Crippen LogP) is 3.08. The molecule has 94 valence electrons. The number of nitrogens with one attached hydrogen (secondary N) is 1. The Hall–Kier alpha value is -2.14. The molecule has 1 unspecified atom stereocenters. The van der Waals surface area contributed by atoms with Crippen molar-refractivity contribution in [3.8, 4) is 5.75 Å². The zero-order chi connectivity index (χ0) is 12.8. The summed E-state index contributed by atoms with van der Waals surface area (Å²) in [7, 11) is 0. The Morgan fingerprint density at radius 3 is 3.16 bits per heavy atom. The number of pyridine rings is 1. The van der Waals surface area contributed by atoms with Gasteiger partial charge in [0.05, 0.1) is 23.3 Å². The molecule has 3 aromatic rings. The lowest BCUT2D eigenvalue weighted by molar-refractivity contribution is 0.318. The number of aromatic amines is 1. The molecular weight excluding hydrogens is 258 g/mol. The number of para-hydroxylation sites is 1. The number of ether oxygens (including phenoxy) is 1. The third-order valence-electron chi connectivity index (χ3n) is 3.50. The number of hydrogen-bond donors (Lipinski definition) is 1. The maximum absolute atomic E-state index is 5.74. The topological polar surface area (TPSA) is 42.8 Å². The maximum Gasteiger partial charge on any atom is 0.178 e. The zero-order valence-corrected chi connectivity index (χ0v) is 10.9. The second kappa shape index (κ2) is 3.93. The molecule has 1 aliphatic heterocycles. The summed E-state index contributed by atoms with van der Waals surface area (Å²) in [6.45, 7) is 0.614. The van der Waals surface area contributed by atoms with Gasteiger partial charge < -0.3 is 14.3 Å². The Labute approximate surface area is 114 Å². The van der Waals surface area contributed by atoms with Crippen LogP contribution in [0, 0.1) is 4.77 Å². The molecule has 0 bridgehead atoms. The van der Waals surface area contributed by atoms with Gasteiger partial charge >= 0.3 is 0 Å². The van der Waals surface area contributed by atoms with E-state index < -0.39 is 0 Å². The molecule has 4 rings (SSSR count). The van der Waals surface area contributed by atoms with Crippen molar-refractivity contribution in [1.82, 2.24) is 14.5 Å². The van der Waals surface area contributed by atoms with Crippen LogP contribution in [-0.4, -0.2) is 21.1 Å². The lowest BCUT2D eigenvalue weighted by Gasteiger charge is -2.12. The summed E-state index contributed by atoms with van der Waals surface area (Å²) in [6, 6.07) is 10.2. The molecular formula is C14H11N3OS. The summed E-state index contributed by atoms with van der Waals surface area (Å²) in [5.74, 6) is 0.942. The van der Waals surface area contributed by atoms with E-state index in [1.807, 2.05) is 24.3 Å². The molecule has 0 spiro atoms. The van der Waals surface area contributed by atoms with Gasteiger partial charge in [0.1, 0.15) is 12.4 Å². The summed E-state index contributed by atoms with van der Waals surface area (Å²) in [5.41, 5.74) is 3.19. The van der Waals surface area contributed by atoms with Crippen molar-refractivity contribution >= 4 is 23.3 Å². The maximum atomic E-state index is 5.74. The van der Waals surface area contributed by atoms with E-state index in [0.717, 1.165) is 16.8 Å². The fourth-order valence-electron chi connectivity index (χ4n) is 2.65. The first-order valence-corrected chi connectivity index (χ1v) is 6.51. The highest BCUT2D eigenvalue weighted by Gasteiger charge is 2.26. The molecule has 5 heteroatoms. The van der Waals surface area contributed by atoms with Crippen molar-refractivity contribution < 1.29 is 4.74 Å². The van der Waals surface area contributed by atoms with Crippen molar-refractivity contribution in [1.29, 1.82) is 0 Å². The van der Waals surface area contributed by atoms with Gasteiger partial charge in [-0.2, -0.15) is 0 Å². The molecule has 1 aliphatic rings. The van der Waals surface area contributed by atoms with Crippen LogP contribution in [0.2, 0.25) is 0 Å². The normalized spacial score (nSPS) is 17.4. The zero-order valence-electron chi connectivity index (χ0n) is 10.0. The molecule has 0 radical (unpaired) electrons. The molecule has 0 fully saturated rings. The first-order valence-electron chi connectivity index (χ1n) is 6.10. The van der Waals surface area contributed by atoms with Crippen LogP contribution in [0.1, 0.15) is 11.6 Å². The van der Waals surface area contributed by atoms with Crippen LogP contribution >= 0.6 is 12.2 Å². The summed E-state index contributed by atoms with van der Waals surface area (Å²) in [6.07, 6.45) is 3.58. The van der Waals surface area contributed by atoms with Crippen molar-refractivity contribution in [2.45, 2.75) is 6.04 Å². The second-order valence-electron chi connectivity index (χ2n) is 4.56. The highest BCUT2D eigenvalue weighted by molar-refractivity contribution is 7.71. The van der Waals surface area contributed by atoms with Crippen LogP contribution in [0.5, 0.6) is 5.75 Å². The van der Waals surface area contributed by atoms with Gasteiger partial charge in [0.2, 0.25) is 0 Å². The van der Waals surface area contributed by atoms with Gasteiger partial charge in [-0.3, -0.25) is 4.98 Å². The molecule has 0 aliphatic carbocycles. The number of rotatable bonds is 1. The summed E-state index contributed by atoms with van der Waals surface area (Å²) < 4.78 is 8.55. The number of aromatic nitrogens is 3. The number of fused-ring (bicyclic) bond motifs is 2. The van der Waals surface area contributed by atoms with Gasteiger partial charge in [-0.1, -0.05) is 18.2 Å². The molecule has 1 N–H and O–H groups in total. The van der Waals surface area contributed by atoms with Crippen LogP contribution in [0.25, 0.3) is 11.0 Å². The van der Waals surface area contributed by atoms with Crippen LogP contribution in [0.15, 0.2) is 42.7 Å². The van der Waals surface area contributed by atoms with E-state index in [-0.39, 0.29) is 6.04 Å². The van der Waals surface area contributed by atoms with Crippen LogP contribution < -0.4 is 4.74 Å². The fourth-order valence-corrected chi connectivity index (χ4v) is 2.98. The monoisotopic (exact) mass is 269 g/mol. The van der Waals surface area contributed by atoms with E-state index in [0.29, 0.717) is 11.4 Å². The first kappa shape index (κ1) is 10.8. The van der Waals surface area contributed by atoms with Gasteiger partial charge in [0.15, 0.2) is 4.77 Å². The lowest BCUT2D eigenvalue weighted by Crippen LogP contribution is -2.12. The smallest absolute Gasteiger partial charge is 0.178 e. The van der Waals surface area contributed by atoms with E-state index in [2.05, 4.69) is 20.6 Å². The van der Waals surface area contributed by atoms with Gasteiger partial charge in [-0.15, -0.1) is 0 Å². The Bertz CT molecular complexity index is 821. The average molecular weight is 269 g/mol. The molecule has 19 heavy (non-hydrogen) atoms. The molecule has 1 aromatic carbocycles. The van der Waals surface area contributed by atoms with E-state index >= 15 is 0 Å². The minimum Gasteiger partial charge on any atom is -0.491 e. The molecule has 0 saturated carbocycles. The Morgan fingerprint density at radius 2 is 2.21 bits per heavy atom. The Kier molecular flexibility index (Phi) is 2.22. The van der Waals surface area contributed by atoms with Gasteiger partial charge in [-0.05, 0) is 24.4 Å². The quantitative estimate of drug-likeness (QED) is 0.690. The Morgan fingerprint density at radius 1 is 1.32 bits per heavy atom. The van der Waals surface area contributed by atoms with Crippen LogP contribution in [0.3, 0.4) is 0 Å². The predicted molar refractivity (Wildman–Crippen MR) is 75.0 cm³/mol. The molecule has 0 amide bonds. The van der Waals surface area contributed by atoms with Gasteiger partial charge in [0.25, 0.3) is 0 Å². The van der Waals surface area contributed by atoms with Crippen LogP contribution in [0.4, 0.5) is 0 Å². The minimum absolute atomic E-state index is 0.125. The number of H-pyrrole nitrogens is 1. The first-order chi connectivity index (χ1) is 9.34. The average Bonchev–Trinajstić information content (AvgIpc) is 2.98. The molecule has 1 atom stereocenters. The molecule has 0 saturated heterocycles. The standard InChI is InChI=1S/C14H11N3OS/c19-14-16-10-7-15-6-5-11(10)17(14)12-8-18-13-4-2-1-3-9(12)13/h1-7,12H,8H2,(H,16,19). The highest BCUT2D eigenvalue weighted by atomic mass is 32.1. The van der Waals surface area contributed by atoms with Gasteiger partial charge in [0, 0.05) is 11.8 Å². The Balaban J connectivity index is 1.98. The minimum atomic E-state index is 0.125. The highest BCUT2D eigenvalue weighted by Crippen LogP contribution is 2.36. The van der Waals surface area contributed by atoms with Crippen molar-refractivity contribution in [3.63, 3.8) is 0 Å². The second-order valence-corrected chi connectivity index (χ2v) is 4.94. The number of hydrogen-bond acceptors (Lipinski definition) is 3.